The summed E-state index contributed by atoms with van der Waals surface area (Å²) < 4.78 is 5.77. The number of rotatable bonds is 6. The van der Waals surface area contributed by atoms with Crippen molar-refractivity contribution in [3.05, 3.63) is 47.2 Å². The molecule has 2 aromatic rings. The first-order chi connectivity index (χ1) is 10.0. The maximum atomic E-state index is 5.77. The van der Waals surface area contributed by atoms with Gasteiger partial charge in [-0.1, -0.05) is 31.5 Å². The van der Waals surface area contributed by atoms with Crippen LogP contribution in [0.3, 0.4) is 0 Å². The molecule has 2 rings (SSSR count). The summed E-state index contributed by atoms with van der Waals surface area (Å²) >= 11 is 0. The Balaban J connectivity index is 1.95. The molecule has 1 N–H and O–H groups in total. The van der Waals surface area contributed by atoms with Crippen LogP contribution in [0.5, 0.6) is 11.6 Å². The lowest BCUT2D eigenvalue weighted by Crippen LogP contribution is -2.19. The van der Waals surface area contributed by atoms with E-state index in [9.17, 15) is 0 Å². The molecule has 112 valence electrons. The molecule has 0 aliphatic carbocycles. The molecule has 1 heterocycles. The van der Waals surface area contributed by atoms with Crippen LogP contribution in [0.2, 0.25) is 0 Å². The van der Waals surface area contributed by atoms with Gasteiger partial charge in [0.25, 0.3) is 0 Å². The summed E-state index contributed by atoms with van der Waals surface area (Å²) in [6.07, 6.45) is 0. The highest BCUT2D eigenvalue weighted by molar-refractivity contribution is 5.37. The molecule has 4 heteroatoms. The lowest BCUT2D eigenvalue weighted by Gasteiger charge is -2.09. The topological polar surface area (TPSA) is 47.0 Å². The quantitative estimate of drug-likeness (QED) is 0.880. The molecule has 0 radical (unpaired) electrons. The number of benzene rings is 1. The second-order valence-corrected chi connectivity index (χ2v) is 5.76. The molecular weight excluding hydrogens is 262 g/mol. The number of aryl methyl sites for hydroxylation is 2. The first-order valence-corrected chi connectivity index (χ1v) is 7.33. The monoisotopic (exact) mass is 285 g/mol. The van der Waals surface area contributed by atoms with E-state index < -0.39 is 0 Å². The Hall–Kier alpha value is -1.94. The van der Waals surface area contributed by atoms with Crippen molar-refractivity contribution in [2.45, 2.75) is 34.2 Å². The van der Waals surface area contributed by atoms with Gasteiger partial charge in [0.1, 0.15) is 5.75 Å². The van der Waals surface area contributed by atoms with E-state index in [0.717, 1.165) is 30.1 Å². The van der Waals surface area contributed by atoms with Crippen molar-refractivity contribution in [2.24, 2.45) is 5.92 Å². The van der Waals surface area contributed by atoms with E-state index in [0.29, 0.717) is 11.8 Å². The highest BCUT2D eigenvalue weighted by Gasteiger charge is 2.04. The SMILES string of the molecule is Cc1ccc(Oc2ccc(CNCC(C)C)nn2)c(C)c1. The molecule has 0 saturated heterocycles. The summed E-state index contributed by atoms with van der Waals surface area (Å²) in [4.78, 5) is 0. The van der Waals surface area contributed by atoms with Gasteiger partial charge in [0.05, 0.1) is 5.69 Å². The fraction of sp³-hybridized carbons (Fsp3) is 0.412. The van der Waals surface area contributed by atoms with Gasteiger partial charge in [-0.3, -0.25) is 0 Å². The molecular formula is C17H23N3O. The van der Waals surface area contributed by atoms with Crippen LogP contribution in [-0.4, -0.2) is 16.7 Å². The molecule has 21 heavy (non-hydrogen) atoms. The molecule has 0 fully saturated rings. The second-order valence-electron chi connectivity index (χ2n) is 5.76. The van der Waals surface area contributed by atoms with E-state index in [1.54, 1.807) is 0 Å². The normalized spacial score (nSPS) is 10.9. The molecule has 1 aromatic heterocycles. The van der Waals surface area contributed by atoms with Gasteiger partial charge >= 0.3 is 0 Å². The number of hydrogen-bond acceptors (Lipinski definition) is 4. The van der Waals surface area contributed by atoms with Crippen molar-refractivity contribution < 1.29 is 4.74 Å². The van der Waals surface area contributed by atoms with Gasteiger partial charge in [-0.2, -0.15) is 5.10 Å². The Labute approximate surface area is 126 Å². The smallest absolute Gasteiger partial charge is 0.238 e. The maximum absolute atomic E-state index is 5.77. The third kappa shape index (κ3) is 4.83. The Morgan fingerprint density at radius 2 is 1.90 bits per heavy atom. The molecule has 0 saturated carbocycles. The summed E-state index contributed by atoms with van der Waals surface area (Å²) in [5.74, 6) is 1.97. The summed E-state index contributed by atoms with van der Waals surface area (Å²) in [6.45, 7) is 10.2. The minimum absolute atomic E-state index is 0.523. The molecule has 0 bridgehead atoms. The van der Waals surface area contributed by atoms with Crippen molar-refractivity contribution in [3.8, 4) is 11.6 Å². The van der Waals surface area contributed by atoms with Crippen molar-refractivity contribution in [2.75, 3.05) is 6.54 Å². The average Bonchev–Trinajstić information content (AvgIpc) is 2.43. The molecule has 0 atom stereocenters. The first-order valence-electron chi connectivity index (χ1n) is 7.33. The van der Waals surface area contributed by atoms with Crippen molar-refractivity contribution in [1.29, 1.82) is 0 Å². The maximum Gasteiger partial charge on any atom is 0.238 e. The molecule has 0 unspecified atom stereocenters. The predicted octanol–water partition coefficient (Wildman–Crippen LogP) is 3.63. The van der Waals surface area contributed by atoms with Crippen LogP contribution in [-0.2, 0) is 6.54 Å². The average molecular weight is 285 g/mol. The van der Waals surface area contributed by atoms with E-state index in [1.165, 1.54) is 5.56 Å². The van der Waals surface area contributed by atoms with Crippen LogP contribution >= 0.6 is 0 Å². The summed E-state index contributed by atoms with van der Waals surface area (Å²) in [7, 11) is 0. The molecule has 0 amide bonds. The van der Waals surface area contributed by atoms with Crippen LogP contribution in [0.4, 0.5) is 0 Å². The third-order valence-corrected chi connectivity index (χ3v) is 3.10. The first kappa shape index (κ1) is 15.4. The van der Waals surface area contributed by atoms with Crippen LogP contribution in [0, 0.1) is 19.8 Å². The fourth-order valence-corrected chi connectivity index (χ4v) is 2.01. The molecule has 0 aliphatic rings. The molecule has 0 aliphatic heterocycles. The van der Waals surface area contributed by atoms with Crippen LogP contribution in [0.15, 0.2) is 30.3 Å². The van der Waals surface area contributed by atoms with E-state index >= 15 is 0 Å². The molecule has 4 nitrogen and oxygen atoms in total. The number of nitrogens with zero attached hydrogens (tertiary/aromatic N) is 2. The minimum atomic E-state index is 0.523. The van der Waals surface area contributed by atoms with Crippen LogP contribution < -0.4 is 10.1 Å². The van der Waals surface area contributed by atoms with E-state index in [1.807, 2.05) is 31.2 Å². The summed E-state index contributed by atoms with van der Waals surface area (Å²) in [6, 6.07) is 9.88. The van der Waals surface area contributed by atoms with Crippen LogP contribution in [0.1, 0.15) is 30.7 Å². The standard InChI is InChI=1S/C17H23N3O/c1-12(2)10-18-11-15-6-8-17(20-19-15)21-16-7-5-13(3)9-14(16)4/h5-9,12,18H,10-11H2,1-4H3. The molecule has 0 spiro atoms. The minimum Gasteiger partial charge on any atom is -0.437 e. The number of aromatic nitrogens is 2. The lowest BCUT2D eigenvalue weighted by atomic mass is 10.1. The summed E-state index contributed by atoms with van der Waals surface area (Å²) in [5, 5.41) is 11.6. The predicted molar refractivity (Wildman–Crippen MR) is 84.6 cm³/mol. The Kier molecular flexibility index (Phi) is 5.28. The highest BCUT2D eigenvalue weighted by atomic mass is 16.5. The summed E-state index contributed by atoms with van der Waals surface area (Å²) in [5.41, 5.74) is 3.24. The number of ether oxygens (including phenoxy) is 1. The second kappa shape index (κ2) is 7.18. The zero-order valence-electron chi connectivity index (χ0n) is 13.2. The van der Waals surface area contributed by atoms with Gasteiger partial charge in [0.15, 0.2) is 0 Å². The van der Waals surface area contributed by atoms with Crippen molar-refractivity contribution in [3.63, 3.8) is 0 Å². The van der Waals surface area contributed by atoms with E-state index in [4.69, 9.17) is 4.74 Å². The Morgan fingerprint density at radius 1 is 1.10 bits per heavy atom. The highest BCUT2D eigenvalue weighted by Crippen LogP contribution is 2.23. The lowest BCUT2D eigenvalue weighted by molar-refractivity contribution is 0.449. The van der Waals surface area contributed by atoms with E-state index in [-0.39, 0.29) is 0 Å². The Bertz CT molecular complexity index is 579. The van der Waals surface area contributed by atoms with Crippen molar-refractivity contribution in [1.82, 2.24) is 15.5 Å². The third-order valence-electron chi connectivity index (χ3n) is 3.10. The largest absolute Gasteiger partial charge is 0.437 e. The number of nitrogens with one attached hydrogen (secondary N) is 1. The van der Waals surface area contributed by atoms with Gasteiger partial charge in [0.2, 0.25) is 5.88 Å². The van der Waals surface area contributed by atoms with Crippen molar-refractivity contribution >= 4 is 0 Å². The molecule has 1 aromatic carbocycles. The zero-order chi connectivity index (χ0) is 15.2. The van der Waals surface area contributed by atoms with Crippen LogP contribution in [0.25, 0.3) is 0 Å². The van der Waals surface area contributed by atoms with Gasteiger partial charge in [-0.05, 0) is 44.0 Å². The zero-order valence-corrected chi connectivity index (χ0v) is 13.2. The van der Waals surface area contributed by atoms with Gasteiger partial charge in [0, 0.05) is 12.6 Å². The fourth-order valence-electron chi connectivity index (χ4n) is 2.01. The Morgan fingerprint density at radius 3 is 2.52 bits per heavy atom. The van der Waals surface area contributed by atoms with E-state index in [2.05, 4.69) is 42.4 Å². The van der Waals surface area contributed by atoms with Gasteiger partial charge in [-0.15, -0.1) is 5.10 Å². The number of hydrogen-bond donors (Lipinski definition) is 1. The van der Waals surface area contributed by atoms with Gasteiger partial charge in [-0.25, -0.2) is 0 Å². The van der Waals surface area contributed by atoms with Gasteiger partial charge < -0.3 is 10.1 Å².